The third-order valence-corrected chi connectivity index (χ3v) is 2.65. The molecule has 0 spiro atoms. The topological polar surface area (TPSA) is 35.2 Å². The van der Waals surface area contributed by atoms with Crippen LogP contribution in [0.2, 0.25) is 0 Å². The maximum absolute atomic E-state index is 5.46. The molecule has 0 heterocycles. The fourth-order valence-corrected chi connectivity index (χ4v) is 1.84. The van der Waals surface area contributed by atoms with Crippen LogP contribution in [0, 0.1) is 0 Å². The Bertz CT molecular complexity index is 476. The number of fused-ring (bicyclic) bond motifs is 1. The van der Waals surface area contributed by atoms with Gasteiger partial charge in [0.1, 0.15) is 12.4 Å². The lowest BCUT2D eigenvalue weighted by Crippen LogP contribution is -2.10. The van der Waals surface area contributed by atoms with Crippen LogP contribution in [0.15, 0.2) is 40.9 Å². The third-order valence-electron chi connectivity index (χ3n) is 2.16. The standard InChI is InChI=1S/C12H12BrNO.ClH/c13-11-3-1-9-2-4-12(15-6-5-14)8-10(9)7-11;/h1-4,7-8H,5-6,14H2;1H. The van der Waals surface area contributed by atoms with Crippen LogP contribution in [0.3, 0.4) is 0 Å². The Hall–Kier alpha value is -0.770. The smallest absolute Gasteiger partial charge is 0.120 e. The van der Waals surface area contributed by atoms with Crippen molar-refractivity contribution in [1.82, 2.24) is 0 Å². The zero-order chi connectivity index (χ0) is 10.7. The number of nitrogens with two attached hydrogens (primary N) is 1. The minimum absolute atomic E-state index is 0. The van der Waals surface area contributed by atoms with Gasteiger partial charge in [0.2, 0.25) is 0 Å². The maximum Gasteiger partial charge on any atom is 0.120 e. The summed E-state index contributed by atoms with van der Waals surface area (Å²) in [6.07, 6.45) is 0. The van der Waals surface area contributed by atoms with Crippen LogP contribution in [0.4, 0.5) is 0 Å². The molecule has 0 radical (unpaired) electrons. The van der Waals surface area contributed by atoms with Crippen molar-refractivity contribution in [2.75, 3.05) is 13.2 Å². The normalized spacial score (nSPS) is 9.88. The van der Waals surface area contributed by atoms with E-state index in [-0.39, 0.29) is 12.4 Å². The third kappa shape index (κ3) is 3.11. The van der Waals surface area contributed by atoms with E-state index < -0.39 is 0 Å². The second-order valence-corrected chi connectivity index (χ2v) is 4.21. The highest BCUT2D eigenvalue weighted by Crippen LogP contribution is 2.24. The minimum Gasteiger partial charge on any atom is -0.492 e. The highest BCUT2D eigenvalue weighted by molar-refractivity contribution is 9.10. The number of hydrogen-bond donors (Lipinski definition) is 1. The Labute approximate surface area is 109 Å². The van der Waals surface area contributed by atoms with Crippen LogP contribution >= 0.6 is 28.3 Å². The van der Waals surface area contributed by atoms with Gasteiger partial charge in [-0.1, -0.05) is 28.1 Å². The SMILES string of the molecule is Cl.NCCOc1ccc2ccc(Br)cc2c1. The zero-order valence-electron chi connectivity index (χ0n) is 8.65. The summed E-state index contributed by atoms with van der Waals surface area (Å²) in [6, 6.07) is 12.2. The molecule has 0 unspecified atom stereocenters. The van der Waals surface area contributed by atoms with Gasteiger partial charge in [0.15, 0.2) is 0 Å². The summed E-state index contributed by atoms with van der Waals surface area (Å²) in [7, 11) is 0. The highest BCUT2D eigenvalue weighted by Gasteiger charge is 1.97. The monoisotopic (exact) mass is 301 g/mol. The molecule has 86 valence electrons. The first-order chi connectivity index (χ1) is 7.29. The molecule has 0 aliphatic rings. The predicted octanol–water partition coefficient (Wildman–Crippen LogP) is 3.36. The summed E-state index contributed by atoms with van der Waals surface area (Å²) < 4.78 is 6.54. The lowest BCUT2D eigenvalue weighted by Gasteiger charge is -2.05. The molecule has 2 nitrogen and oxygen atoms in total. The van der Waals surface area contributed by atoms with Crippen molar-refractivity contribution in [2.24, 2.45) is 5.73 Å². The van der Waals surface area contributed by atoms with Crippen LogP contribution in [0.1, 0.15) is 0 Å². The summed E-state index contributed by atoms with van der Waals surface area (Å²) in [4.78, 5) is 0. The van der Waals surface area contributed by atoms with Crippen molar-refractivity contribution >= 4 is 39.1 Å². The molecule has 0 saturated carbocycles. The molecular formula is C12H13BrClNO. The Kier molecular flexibility index (Phi) is 5.06. The maximum atomic E-state index is 5.46. The Morgan fingerprint density at radius 2 is 1.81 bits per heavy atom. The van der Waals surface area contributed by atoms with E-state index in [1.165, 1.54) is 10.8 Å². The molecule has 0 saturated heterocycles. The van der Waals surface area contributed by atoms with Crippen LogP contribution < -0.4 is 10.5 Å². The average Bonchev–Trinajstić information content (AvgIpc) is 2.25. The van der Waals surface area contributed by atoms with Gasteiger partial charge in [-0.15, -0.1) is 12.4 Å². The van der Waals surface area contributed by atoms with E-state index in [1.807, 2.05) is 24.3 Å². The Morgan fingerprint density at radius 1 is 1.06 bits per heavy atom. The average molecular weight is 303 g/mol. The second kappa shape index (κ2) is 6.09. The second-order valence-electron chi connectivity index (χ2n) is 3.29. The first kappa shape index (κ1) is 13.3. The van der Waals surface area contributed by atoms with Gasteiger partial charge >= 0.3 is 0 Å². The lowest BCUT2D eigenvalue weighted by molar-refractivity contribution is 0.329. The van der Waals surface area contributed by atoms with Crippen molar-refractivity contribution < 1.29 is 4.74 Å². The van der Waals surface area contributed by atoms with Crippen molar-refractivity contribution in [3.05, 3.63) is 40.9 Å². The van der Waals surface area contributed by atoms with Crippen molar-refractivity contribution in [3.63, 3.8) is 0 Å². The van der Waals surface area contributed by atoms with E-state index in [4.69, 9.17) is 10.5 Å². The van der Waals surface area contributed by atoms with Crippen LogP contribution in [0.5, 0.6) is 5.75 Å². The van der Waals surface area contributed by atoms with Gasteiger partial charge in [-0.25, -0.2) is 0 Å². The van der Waals surface area contributed by atoms with E-state index >= 15 is 0 Å². The summed E-state index contributed by atoms with van der Waals surface area (Å²) in [5.41, 5.74) is 5.38. The largest absolute Gasteiger partial charge is 0.492 e. The highest BCUT2D eigenvalue weighted by atomic mass is 79.9. The fourth-order valence-electron chi connectivity index (χ4n) is 1.46. The summed E-state index contributed by atoms with van der Waals surface area (Å²) in [6.45, 7) is 1.09. The molecule has 0 aliphatic heterocycles. The molecule has 0 amide bonds. The quantitative estimate of drug-likeness (QED) is 0.943. The molecule has 0 aliphatic carbocycles. The number of hydrogen-bond acceptors (Lipinski definition) is 2. The van der Waals surface area contributed by atoms with E-state index in [2.05, 4.69) is 28.1 Å². The zero-order valence-corrected chi connectivity index (χ0v) is 11.1. The predicted molar refractivity (Wildman–Crippen MR) is 73.4 cm³/mol. The van der Waals surface area contributed by atoms with Crippen molar-refractivity contribution in [3.8, 4) is 5.75 Å². The van der Waals surface area contributed by atoms with E-state index in [0.29, 0.717) is 13.2 Å². The molecule has 2 rings (SSSR count). The molecule has 0 fully saturated rings. The minimum atomic E-state index is 0. The summed E-state index contributed by atoms with van der Waals surface area (Å²) in [5, 5.41) is 2.37. The van der Waals surface area contributed by atoms with Gasteiger partial charge in [0.05, 0.1) is 0 Å². The molecule has 2 N–H and O–H groups in total. The molecular weight excluding hydrogens is 289 g/mol. The van der Waals surface area contributed by atoms with Gasteiger partial charge in [0.25, 0.3) is 0 Å². The number of benzene rings is 2. The molecule has 16 heavy (non-hydrogen) atoms. The molecule has 0 bridgehead atoms. The van der Waals surface area contributed by atoms with Crippen molar-refractivity contribution in [1.29, 1.82) is 0 Å². The lowest BCUT2D eigenvalue weighted by atomic mass is 10.1. The van der Waals surface area contributed by atoms with Crippen molar-refractivity contribution in [2.45, 2.75) is 0 Å². The van der Waals surface area contributed by atoms with Gasteiger partial charge in [-0.05, 0) is 35.0 Å². The molecule has 0 aromatic heterocycles. The first-order valence-electron chi connectivity index (χ1n) is 4.82. The molecule has 4 heteroatoms. The van der Waals surface area contributed by atoms with Gasteiger partial charge < -0.3 is 10.5 Å². The number of ether oxygens (including phenoxy) is 1. The van der Waals surface area contributed by atoms with Gasteiger partial charge in [-0.2, -0.15) is 0 Å². The first-order valence-corrected chi connectivity index (χ1v) is 5.61. The fraction of sp³-hybridized carbons (Fsp3) is 0.167. The summed E-state index contributed by atoms with van der Waals surface area (Å²) >= 11 is 3.45. The van der Waals surface area contributed by atoms with E-state index in [1.54, 1.807) is 0 Å². The summed E-state index contributed by atoms with van der Waals surface area (Å²) in [5.74, 6) is 0.867. The molecule has 2 aromatic rings. The van der Waals surface area contributed by atoms with Gasteiger partial charge in [-0.3, -0.25) is 0 Å². The van der Waals surface area contributed by atoms with E-state index in [9.17, 15) is 0 Å². The molecule has 2 aromatic carbocycles. The van der Waals surface area contributed by atoms with Gasteiger partial charge in [0, 0.05) is 11.0 Å². The Balaban J connectivity index is 0.00000128. The van der Waals surface area contributed by atoms with Crippen LogP contribution in [-0.2, 0) is 0 Å². The Morgan fingerprint density at radius 3 is 2.56 bits per heavy atom. The van der Waals surface area contributed by atoms with Crippen LogP contribution in [0.25, 0.3) is 10.8 Å². The number of halogens is 2. The van der Waals surface area contributed by atoms with E-state index in [0.717, 1.165) is 10.2 Å². The molecule has 0 atom stereocenters. The van der Waals surface area contributed by atoms with Crippen LogP contribution in [-0.4, -0.2) is 13.2 Å². The number of rotatable bonds is 3.